The van der Waals surface area contributed by atoms with E-state index in [0.717, 1.165) is 23.4 Å². The number of anilines is 2. The maximum atomic E-state index is 12.3. The molecule has 2 rings (SSSR count). The molecule has 0 aliphatic carbocycles. The van der Waals surface area contributed by atoms with Crippen molar-refractivity contribution in [2.75, 3.05) is 17.7 Å². The standard InChI is InChI=1S/C18H22N2O/c1-3-14-8-11-16(12-9-14)20(2)18(21)13-10-15-6-4-5-7-17(15)19/h4-9,11-12H,3,10,13,19H2,1-2H3. The molecule has 0 fully saturated rings. The number of nitrogens with two attached hydrogens (primary N) is 1. The maximum absolute atomic E-state index is 12.3. The van der Waals surface area contributed by atoms with E-state index in [0.29, 0.717) is 12.8 Å². The van der Waals surface area contributed by atoms with Crippen LogP contribution in [0.3, 0.4) is 0 Å². The first-order chi connectivity index (χ1) is 10.1. The first-order valence-corrected chi connectivity index (χ1v) is 7.30. The predicted octanol–water partition coefficient (Wildman–Crippen LogP) is 3.43. The molecule has 0 heterocycles. The summed E-state index contributed by atoms with van der Waals surface area (Å²) < 4.78 is 0. The zero-order valence-corrected chi connectivity index (χ0v) is 12.7. The van der Waals surface area contributed by atoms with Gasteiger partial charge < -0.3 is 10.6 Å². The molecule has 1 amide bonds. The molecule has 3 nitrogen and oxygen atoms in total. The van der Waals surface area contributed by atoms with Crippen LogP contribution >= 0.6 is 0 Å². The summed E-state index contributed by atoms with van der Waals surface area (Å²) in [6, 6.07) is 15.8. The minimum absolute atomic E-state index is 0.0995. The van der Waals surface area contributed by atoms with Gasteiger partial charge in [0.1, 0.15) is 0 Å². The van der Waals surface area contributed by atoms with Crippen LogP contribution < -0.4 is 10.6 Å². The van der Waals surface area contributed by atoms with Gasteiger partial charge in [0.15, 0.2) is 0 Å². The second-order valence-electron chi connectivity index (χ2n) is 5.17. The Kier molecular flexibility index (Phi) is 4.99. The summed E-state index contributed by atoms with van der Waals surface area (Å²) in [5.74, 6) is 0.0995. The van der Waals surface area contributed by atoms with Crippen molar-refractivity contribution in [1.82, 2.24) is 0 Å². The summed E-state index contributed by atoms with van der Waals surface area (Å²) in [6.07, 6.45) is 2.13. The van der Waals surface area contributed by atoms with Crippen LogP contribution in [0.5, 0.6) is 0 Å². The van der Waals surface area contributed by atoms with Crippen molar-refractivity contribution in [2.24, 2.45) is 0 Å². The Hall–Kier alpha value is -2.29. The third-order valence-electron chi connectivity index (χ3n) is 3.77. The molecule has 2 N–H and O–H groups in total. The third-order valence-corrected chi connectivity index (χ3v) is 3.77. The SMILES string of the molecule is CCc1ccc(N(C)C(=O)CCc2ccccc2N)cc1. The van der Waals surface area contributed by atoms with E-state index in [1.807, 2.05) is 43.4 Å². The van der Waals surface area contributed by atoms with Crippen molar-refractivity contribution in [3.8, 4) is 0 Å². The Morgan fingerprint density at radius 2 is 1.76 bits per heavy atom. The van der Waals surface area contributed by atoms with Gasteiger partial charge in [0.2, 0.25) is 5.91 Å². The average Bonchev–Trinajstić information content (AvgIpc) is 2.53. The lowest BCUT2D eigenvalue weighted by Crippen LogP contribution is -2.26. The van der Waals surface area contributed by atoms with Gasteiger partial charge in [-0.3, -0.25) is 4.79 Å². The highest BCUT2D eigenvalue weighted by atomic mass is 16.2. The molecule has 0 unspecified atom stereocenters. The number of rotatable bonds is 5. The fourth-order valence-electron chi connectivity index (χ4n) is 2.27. The molecule has 0 aromatic heterocycles. The molecule has 2 aromatic rings. The number of aryl methyl sites for hydroxylation is 2. The molecule has 110 valence electrons. The number of nitrogen functional groups attached to an aromatic ring is 1. The molecular formula is C18H22N2O. The summed E-state index contributed by atoms with van der Waals surface area (Å²) in [6.45, 7) is 2.12. The van der Waals surface area contributed by atoms with Crippen LogP contribution in [0.25, 0.3) is 0 Å². The highest BCUT2D eigenvalue weighted by Gasteiger charge is 2.11. The van der Waals surface area contributed by atoms with Gasteiger partial charge in [-0.25, -0.2) is 0 Å². The Balaban J connectivity index is 1.97. The van der Waals surface area contributed by atoms with Crippen LogP contribution in [-0.2, 0) is 17.6 Å². The van der Waals surface area contributed by atoms with Crippen molar-refractivity contribution in [2.45, 2.75) is 26.2 Å². The van der Waals surface area contributed by atoms with E-state index in [2.05, 4.69) is 19.1 Å². The Labute approximate surface area is 126 Å². The molecule has 0 spiro atoms. The summed E-state index contributed by atoms with van der Waals surface area (Å²) in [7, 11) is 1.82. The van der Waals surface area contributed by atoms with Crippen LogP contribution in [0.1, 0.15) is 24.5 Å². The number of hydrogen-bond donors (Lipinski definition) is 1. The molecule has 21 heavy (non-hydrogen) atoms. The number of hydrogen-bond acceptors (Lipinski definition) is 2. The third kappa shape index (κ3) is 3.85. The summed E-state index contributed by atoms with van der Waals surface area (Å²) in [4.78, 5) is 14.0. The Morgan fingerprint density at radius 1 is 1.10 bits per heavy atom. The van der Waals surface area contributed by atoms with E-state index in [1.165, 1.54) is 5.56 Å². The second kappa shape index (κ2) is 6.93. The van der Waals surface area contributed by atoms with Crippen LogP contribution in [0.15, 0.2) is 48.5 Å². The van der Waals surface area contributed by atoms with Gasteiger partial charge in [0.05, 0.1) is 0 Å². The van der Waals surface area contributed by atoms with Crippen LogP contribution in [0.2, 0.25) is 0 Å². The number of amides is 1. The van der Waals surface area contributed by atoms with E-state index in [4.69, 9.17) is 5.73 Å². The number of para-hydroxylation sites is 1. The van der Waals surface area contributed by atoms with E-state index in [-0.39, 0.29) is 5.91 Å². The second-order valence-corrected chi connectivity index (χ2v) is 5.17. The highest BCUT2D eigenvalue weighted by molar-refractivity contribution is 5.93. The summed E-state index contributed by atoms with van der Waals surface area (Å²) in [5, 5.41) is 0. The predicted molar refractivity (Wildman–Crippen MR) is 88.4 cm³/mol. The van der Waals surface area contributed by atoms with Crippen LogP contribution in [-0.4, -0.2) is 13.0 Å². The van der Waals surface area contributed by atoms with Crippen LogP contribution in [0.4, 0.5) is 11.4 Å². The Bertz CT molecular complexity index is 605. The van der Waals surface area contributed by atoms with Crippen molar-refractivity contribution < 1.29 is 4.79 Å². The molecule has 0 bridgehead atoms. The fourth-order valence-corrected chi connectivity index (χ4v) is 2.27. The molecule has 0 aliphatic heterocycles. The number of carbonyl (C=O) groups is 1. The van der Waals surface area contributed by atoms with Crippen molar-refractivity contribution in [3.05, 3.63) is 59.7 Å². The largest absolute Gasteiger partial charge is 0.399 e. The minimum Gasteiger partial charge on any atom is -0.399 e. The van der Waals surface area contributed by atoms with Gasteiger partial charge in [0, 0.05) is 24.8 Å². The Morgan fingerprint density at radius 3 is 2.38 bits per heavy atom. The average molecular weight is 282 g/mol. The monoisotopic (exact) mass is 282 g/mol. The van der Waals surface area contributed by atoms with Crippen molar-refractivity contribution >= 4 is 17.3 Å². The molecule has 2 aromatic carbocycles. The molecular weight excluding hydrogens is 260 g/mol. The normalized spacial score (nSPS) is 10.4. The van der Waals surface area contributed by atoms with Crippen molar-refractivity contribution in [1.29, 1.82) is 0 Å². The molecule has 0 atom stereocenters. The highest BCUT2D eigenvalue weighted by Crippen LogP contribution is 2.17. The molecule has 0 radical (unpaired) electrons. The molecule has 0 saturated carbocycles. The van der Waals surface area contributed by atoms with Gasteiger partial charge >= 0.3 is 0 Å². The number of nitrogens with zero attached hydrogens (tertiary/aromatic N) is 1. The van der Waals surface area contributed by atoms with Gasteiger partial charge in [0.25, 0.3) is 0 Å². The van der Waals surface area contributed by atoms with Gasteiger partial charge in [-0.2, -0.15) is 0 Å². The van der Waals surface area contributed by atoms with E-state index in [9.17, 15) is 4.79 Å². The van der Waals surface area contributed by atoms with E-state index < -0.39 is 0 Å². The summed E-state index contributed by atoms with van der Waals surface area (Å²) >= 11 is 0. The smallest absolute Gasteiger partial charge is 0.227 e. The zero-order valence-electron chi connectivity index (χ0n) is 12.7. The maximum Gasteiger partial charge on any atom is 0.227 e. The lowest BCUT2D eigenvalue weighted by Gasteiger charge is -2.18. The lowest BCUT2D eigenvalue weighted by molar-refractivity contribution is -0.118. The quantitative estimate of drug-likeness (QED) is 0.854. The van der Waals surface area contributed by atoms with Crippen LogP contribution in [0, 0.1) is 0 Å². The van der Waals surface area contributed by atoms with Gasteiger partial charge in [-0.05, 0) is 42.2 Å². The minimum atomic E-state index is 0.0995. The molecule has 0 saturated heterocycles. The van der Waals surface area contributed by atoms with Gasteiger partial charge in [-0.15, -0.1) is 0 Å². The molecule has 3 heteroatoms. The summed E-state index contributed by atoms with van der Waals surface area (Å²) in [5.41, 5.74) is 9.88. The van der Waals surface area contributed by atoms with E-state index >= 15 is 0 Å². The first kappa shape index (κ1) is 15.1. The number of benzene rings is 2. The van der Waals surface area contributed by atoms with Crippen molar-refractivity contribution in [3.63, 3.8) is 0 Å². The van der Waals surface area contributed by atoms with Gasteiger partial charge in [-0.1, -0.05) is 37.3 Å². The fraction of sp³-hybridized carbons (Fsp3) is 0.278. The molecule has 0 aliphatic rings. The number of carbonyl (C=O) groups excluding carboxylic acids is 1. The first-order valence-electron chi connectivity index (χ1n) is 7.30. The zero-order chi connectivity index (χ0) is 15.2. The topological polar surface area (TPSA) is 46.3 Å². The lowest BCUT2D eigenvalue weighted by atomic mass is 10.1. The van der Waals surface area contributed by atoms with E-state index in [1.54, 1.807) is 4.90 Å².